The summed E-state index contributed by atoms with van der Waals surface area (Å²) in [6, 6.07) is 26.8. The lowest BCUT2D eigenvalue weighted by Gasteiger charge is -2.61. The van der Waals surface area contributed by atoms with E-state index in [2.05, 4.69) is 84.3 Å². The van der Waals surface area contributed by atoms with E-state index in [-0.39, 0.29) is 11.3 Å². The van der Waals surface area contributed by atoms with E-state index in [1.807, 2.05) is 11.0 Å². The van der Waals surface area contributed by atoms with Gasteiger partial charge in [0, 0.05) is 42.9 Å². The maximum atomic E-state index is 14.1. The van der Waals surface area contributed by atoms with Gasteiger partial charge in [0.25, 0.3) is 0 Å². The van der Waals surface area contributed by atoms with E-state index in [9.17, 15) is 14.7 Å². The van der Waals surface area contributed by atoms with Gasteiger partial charge in [0.15, 0.2) is 0 Å². The first kappa shape index (κ1) is 28.6. The number of carbonyl (C=O) groups is 2. The molecule has 4 saturated carbocycles. The van der Waals surface area contributed by atoms with E-state index in [4.69, 9.17) is 0 Å². The first-order chi connectivity index (χ1) is 21.7. The second kappa shape index (κ2) is 10.6. The first-order valence-electron chi connectivity index (χ1n) is 17.0. The molecule has 3 aromatic carbocycles. The summed E-state index contributed by atoms with van der Waals surface area (Å²) in [4.78, 5) is 29.2. The molecule has 1 aliphatic heterocycles. The van der Waals surface area contributed by atoms with Crippen molar-refractivity contribution in [2.75, 3.05) is 0 Å². The molecule has 4 fully saturated rings. The van der Waals surface area contributed by atoms with Crippen LogP contribution in [0.5, 0.6) is 0 Å². The molecule has 2 heterocycles. The molecule has 1 amide bonds. The summed E-state index contributed by atoms with van der Waals surface area (Å²) in [7, 11) is 0. The zero-order valence-corrected chi connectivity index (χ0v) is 26.5. The minimum absolute atomic E-state index is 0.110. The topological polar surface area (TPSA) is 62.5 Å². The average Bonchev–Trinajstić information content (AvgIpc) is 3.29. The van der Waals surface area contributed by atoms with Crippen molar-refractivity contribution in [1.29, 1.82) is 0 Å². The predicted molar refractivity (Wildman–Crippen MR) is 177 cm³/mol. The molecule has 5 heteroatoms. The van der Waals surface area contributed by atoms with Crippen LogP contribution in [0.2, 0.25) is 0 Å². The van der Waals surface area contributed by atoms with Crippen LogP contribution < -0.4 is 0 Å². The van der Waals surface area contributed by atoms with Crippen LogP contribution in [0, 0.1) is 30.1 Å². The van der Waals surface area contributed by atoms with Crippen LogP contribution in [-0.2, 0) is 34.5 Å². The van der Waals surface area contributed by atoms with E-state index in [0.29, 0.717) is 19.4 Å². The highest BCUT2D eigenvalue weighted by atomic mass is 16.4. The standard InChI is InChI=1S/C40H44N2O3/c1-26-13-14-35-33(15-26)34-19-36(38(44)45)42(27(2)43)40(23-28-9-5-3-6-10-28,37(34)41(35)24-29-11-7-4-8-12-29)25-39-20-30-16-31(21-39)18-32(17-30)22-39/h3-15,30-32,36H,16-25H2,1-2H3,(H,44,45)/t30?,31?,32?,36-,39?,40-/m0/s1. The minimum atomic E-state index is -0.913. The number of aromatic nitrogens is 1. The molecular weight excluding hydrogens is 556 g/mol. The summed E-state index contributed by atoms with van der Waals surface area (Å²) in [5.41, 5.74) is 6.25. The number of fused-ring (bicyclic) bond motifs is 3. The third kappa shape index (κ3) is 4.73. The quantitative estimate of drug-likeness (QED) is 0.235. The Morgan fingerprint density at radius 1 is 0.844 bits per heavy atom. The van der Waals surface area contributed by atoms with Gasteiger partial charge in [-0.3, -0.25) is 4.79 Å². The summed E-state index contributed by atoms with van der Waals surface area (Å²) in [6.07, 6.45) is 9.39. The number of carboxylic acid groups (broad SMARTS) is 1. The zero-order chi connectivity index (χ0) is 30.9. The number of aryl methyl sites for hydroxylation is 1. The molecule has 4 aliphatic carbocycles. The summed E-state index contributed by atoms with van der Waals surface area (Å²) < 4.78 is 2.47. The maximum Gasteiger partial charge on any atom is 0.326 e. The Balaban J connectivity index is 1.44. The van der Waals surface area contributed by atoms with Crippen molar-refractivity contribution in [3.63, 3.8) is 0 Å². The van der Waals surface area contributed by atoms with Gasteiger partial charge in [0.1, 0.15) is 6.04 Å². The van der Waals surface area contributed by atoms with Crippen molar-refractivity contribution in [3.05, 3.63) is 107 Å². The number of hydrogen-bond acceptors (Lipinski definition) is 2. The Hall–Kier alpha value is -3.86. The summed E-state index contributed by atoms with van der Waals surface area (Å²) in [6.45, 7) is 4.40. The number of benzene rings is 3. The lowest BCUT2D eigenvalue weighted by molar-refractivity contribution is -0.163. The van der Waals surface area contributed by atoms with Gasteiger partial charge >= 0.3 is 5.97 Å². The summed E-state index contributed by atoms with van der Waals surface area (Å²) >= 11 is 0. The van der Waals surface area contributed by atoms with E-state index in [0.717, 1.165) is 51.8 Å². The van der Waals surface area contributed by atoms with Crippen LogP contribution in [0.25, 0.3) is 10.9 Å². The van der Waals surface area contributed by atoms with Crippen molar-refractivity contribution in [1.82, 2.24) is 9.47 Å². The van der Waals surface area contributed by atoms with Crippen molar-refractivity contribution in [3.8, 4) is 0 Å². The molecule has 5 nitrogen and oxygen atoms in total. The third-order valence-corrected chi connectivity index (χ3v) is 11.9. The smallest absolute Gasteiger partial charge is 0.326 e. The number of hydrogen-bond donors (Lipinski definition) is 1. The molecule has 45 heavy (non-hydrogen) atoms. The molecule has 0 saturated heterocycles. The fourth-order valence-electron chi connectivity index (χ4n) is 11.1. The van der Waals surface area contributed by atoms with Gasteiger partial charge in [0.05, 0.1) is 5.54 Å². The number of carboxylic acids is 1. The zero-order valence-electron chi connectivity index (χ0n) is 26.5. The number of rotatable bonds is 7. The molecule has 4 aromatic rings. The van der Waals surface area contributed by atoms with Crippen LogP contribution in [0.3, 0.4) is 0 Å². The average molecular weight is 601 g/mol. The summed E-state index contributed by atoms with van der Waals surface area (Å²) in [5, 5.41) is 12.0. The van der Waals surface area contributed by atoms with Crippen molar-refractivity contribution >= 4 is 22.8 Å². The van der Waals surface area contributed by atoms with E-state index in [1.165, 1.54) is 49.8 Å². The van der Waals surface area contributed by atoms with Crippen LogP contribution >= 0.6 is 0 Å². The van der Waals surface area contributed by atoms with Crippen molar-refractivity contribution in [2.45, 2.75) is 89.8 Å². The Bertz CT molecular complexity index is 1740. The number of amides is 1. The van der Waals surface area contributed by atoms with E-state index >= 15 is 0 Å². The lowest BCUT2D eigenvalue weighted by atomic mass is 9.47. The SMILES string of the molecule is CC(=O)N1[C@H](C(=O)O)Cc2c(n(Cc3ccccc3)c3ccc(C)cc23)[C@]1(Cc1ccccc1)CC12CC3CC(CC(C3)C1)C2. The Kier molecular flexibility index (Phi) is 6.74. The number of aliphatic carboxylic acids is 1. The van der Waals surface area contributed by atoms with Crippen LogP contribution in [-0.4, -0.2) is 32.5 Å². The van der Waals surface area contributed by atoms with Crippen LogP contribution in [0.1, 0.15) is 79.8 Å². The predicted octanol–water partition coefficient (Wildman–Crippen LogP) is 7.90. The molecule has 232 valence electrons. The van der Waals surface area contributed by atoms with Gasteiger partial charge in [-0.05, 0) is 104 Å². The fourth-order valence-corrected chi connectivity index (χ4v) is 11.1. The molecule has 1 aromatic heterocycles. The highest BCUT2D eigenvalue weighted by Crippen LogP contribution is 2.65. The first-order valence-corrected chi connectivity index (χ1v) is 17.0. The Morgan fingerprint density at radius 3 is 2.02 bits per heavy atom. The number of nitrogens with zero attached hydrogens (tertiary/aromatic N) is 2. The molecule has 9 rings (SSSR count). The molecule has 0 spiro atoms. The maximum absolute atomic E-state index is 14.1. The normalized spacial score (nSPS) is 30.0. The molecule has 2 atom stereocenters. The largest absolute Gasteiger partial charge is 0.480 e. The van der Waals surface area contributed by atoms with Gasteiger partial charge in [-0.15, -0.1) is 0 Å². The van der Waals surface area contributed by atoms with Gasteiger partial charge in [-0.1, -0.05) is 72.3 Å². The van der Waals surface area contributed by atoms with E-state index < -0.39 is 17.6 Å². The molecular formula is C40H44N2O3. The molecule has 5 aliphatic rings. The van der Waals surface area contributed by atoms with Gasteiger partial charge in [-0.2, -0.15) is 0 Å². The Labute approximate surface area is 266 Å². The molecule has 0 unspecified atom stereocenters. The summed E-state index contributed by atoms with van der Waals surface area (Å²) in [5.74, 6) is 1.22. The van der Waals surface area contributed by atoms with Crippen molar-refractivity contribution < 1.29 is 14.7 Å². The molecule has 4 bridgehead atoms. The molecule has 1 N–H and O–H groups in total. The highest BCUT2D eigenvalue weighted by molar-refractivity contribution is 5.91. The van der Waals surface area contributed by atoms with Crippen LogP contribution in [0.4, 0.5) is 0 Å². The second-order valence-electron chi connectivity index (χ2n) is 15.2. The minimum Gasteiger partial charge on any atom is -0.480 e. The second-order valence-corrected chi connectivity index (χ2v) is 15.2. The number of carbonyl (C=O) groups excluding carboxylic acids is 1. The van der Waals surface area contributed by atoms with Crippen LogP contribution in [0.15, 0.2) is 78.9 Å². The third-order valence-electron chi connectivity index (χ3n) is 11.9. The molecule has 0 radical (unpaired) electrons. The van der Waals surface area contributed by atoms with Gasteiger partial charge in [-0.25, -0.2) is 4.79 Å². The highest BCUT2D eigenvalue weighted by Gasteiger charge is 2.59. The monoisotopic (exact) mass is 600 g/mol. The fraction of sp³-hybridized carbons (Fsp3) is 0.450. The lowest BCUT2D eigenvalue weighted by Crippen LogP contribution is -2.64. The Morgan fingerprint density at radius 2 is 1.44 bits per heavy atom. The van der Waals surface area contributed by atoms with E-state index in [1.54, 1.807) is 6.92 Å². The van der Waals surface area contributed by atoms with Crippen molar-refractivity contribution in [2.24, 2.45) is 23.2 Å². The van der Waals surface area contributed by atoms with Gasteiger partial charge < -0.3 is 14.6 Å². The van der Waals surface area contributed by atoms with Gasteiger partial charge in [0.2, 0.25) is 5.91 Å².